The lowest BCUT2D eigenvalue weighted by Crippen LogP contribution is -2.03. The Bertz CT molecular complexity index is 466. The molecule has 10 heteroatoms. The van der Waals surface area contributed by atoms with Crippen LogP contribution in [0, 0.1) is 0 Å². The van der Waals surface area contributed by atoms with E-state index < -0.39 is 23.9 Å². The first-order valence-electron chi connectivity index (χ1n) is 7.49. The molecule has 4 N–H and O–H groups in total. The number of unbranched alkanes of at least 4 members (excludes halogenated alkanes) is 2. The molecular formula is C16H26Cl2O8. The van der Waals surface area contributed by atoms with Crippen LogP contribution in [0.3, 0.4) is 0 Å². The van der Waals surface area contributed by atoms with Crippen LogP contribution < -0.4 is 0 Å². The average molecular weight is 417 g/mol. The van der Waals surface area contributed by atoms with Crippen molar-refractivity contribution < 1.29 is 39.6 Å². The molecule has 0 aliphatic heterocycles. The third-order valence-electron chi connectivity index (χ3n) is 2.74. The Balaban J connectivity index is -0.000000173. The van der Waals surface area contributed by atoms with Gasteiger partial charge in [0, 0.05) is 23.3 Å². The monoisotopic (exact) mass is 416 g/mol. The zero-order valence-electron chi connectivity index (χ0n) is 14.6. The summed E-state index contributed by atoms with van der Waals surface area (Å²) in [6.07, 6.45) is 5.23. The Morgan fingerprint density at radius 2 is 0.923 bits per heavy atom. The highest BCUT2D eigenvalue weighted by Crippen LogP contribution is 2.07. The van der Waals surface area contributed by atoms with Crippen molar-refractivity contribution in [1.29, 1.82) is 0 Å². The largest absolute Gasteiger partial charge is 0.478 e. The molecule has 0 unspecified atom stereocenters. The van der Waals surface area contributed by atoms with E-state index in [9.17, 15) is 19.2 Å². The molecule has 0 amide bonds. The van der Waals surface area contributed by atoms with Crippen molar-refractivity contribution in [2.75, 3.05) is 0 Å². The van der Waals surface area contributed by atoms with Crippen molar-refractivity contribution >= 4 is 48.7 Å². The van der Waals surface area contributed by atoms with Crippen LogP contribution in [0.1, 0.15) is 52.4 Å². The van der Waals surface area contributed by atoms with Crippen LogP contribution in [0.25, 0.3) is 0 Å². The second-order valence-electron chi connectivity index (χ2n) is 4.83. The Morgan fingerprint density at radius 1 is 0.654 bits per heavy atom. The summed E-state index contributed by atoms with van der Waals surface area (Å²) in [6.45, 7) is 3.83. The lowest BCUT2D eigenvalue weighted by molar-refractivity contribution is -0.135. The molecule has 0 heterocycles. The summed E-state index contributed by atoms with van der Waals surface area (Å²) in [5, 5.41) is 33.6. The standard InChI is InChI=1S/2C8H12O4.2ClH/c2*1-2-3-4-6(8(11)12)5-7(9)10;;/h2*5H,2-4H2,1H3,(H,9,10)(H,11,12);2*1H/b2*6-5-;;. The van der Waals surface area contributed by atoms with E-state index in [1.165, 1.54) is 0 Å². The minimum absolute atomic E-state index is 0. The molecule has 0 aliphatic rings. The second-order valence-corrected chi connectivity index (χ2v) is 4.83. The maximum atomic E-state index is 10.4. The summed E-state index contributed by atoms with van der Waals surface area (Å²) in [6, 6.07) is 0. The van der Waals surface area contributed by atoms with Crippen LogP contribution in [-0.2, 0) is 19.2 Å². The topological polar surface area (TPSA) is 149 Å². The molecule has 0 saturated carbocycles. The van der Waals surface area contributed by atoms with Gasteiger partial charge in [-0.1, -0.05) is 26.7 Å². The Kier molecular flexibility index (Phi) is 23.5. The Labute approximate surface area is 164 Å². The lowest BCUT2D eigenvalue weighted by atomic mass is 10.1. The molecule has 0 bridgehead atoms. The molecule has 0 aromatic rings. The quantitative estimate of drug-likeness (QED) is 0.395. The van der Waals surface area contributed by atoms with Gasteiger partial charge >= 0.3 is 23.9 Å². The van der Waals surface area contributed by atoms with Gasteiger partial charge in [-0.15, -0.1) is 24.8 Å². The molecule has 0 fully saturated rings. The molecule has 0 atom stereocenters. The average Bonchev–Trinajstić information content (AvgIpc) is 2.47. The molecule has 8 nitrogen and oxygen atoms in total. The maximum Gasteiger partial charge on any atom is 0.331 e. The van der Waals surface area contributed by atoms with Gasteiger partial charge in [-0.2, -0.15) is 0 Å². The molecule has 0 aromatic heterocycles. The summed E-state index contributed by atoms with van der Waals surface area (Å²) >= 11 is 0. The van der Waals surface area contributed by atoms with E-state index in [0.717, 1.165) is 25.0 Å². The number of carboxylic acid groups (broad SMARTS) is 4. The number of halogens is 2. The molecule has 0 rings (SSSR count). The molecule has 0 saturated heterocycles. The van der Waals surface area contributed by atoms with Gasteiger partial charge in [0.15, 0.2) is 0 Å². The van der Waals surface area contributed by atoms with E-state index >= 15 is 0 Å². The van der Waals surface area contributed by atoms with E-state index in [-0.39, 0.29) is 36.0 Å². The van der Waals surface area contributed by atoms with Gasteiger partial charge in [0.1, 0.15) is 0 Å². The van der Waals surface area contributed by atoms with Crippen LogP contribution in [0.2, 0.25) is 0 Å². The molecule has 0 spiro atoms. The lowest BCUT2D eigenvalue weighted by Gasteiger charge is -1.97. The smallest absolute Gasteiger partial charge is 0.331 e. The minimum Gasteiger partial charge on any atom is -0.478 e. The highest BCUT2D eigenvalue weighted by molar-refractivity contribution is 5.95. The van der Waals surface area contributed by atoms with Gasteiger partial charge in [0.05, 0.1) is 0 Å². The van der Waals surface area contributed by atoms with Crippen LogP contribution in [0.15, 0.2) is 23.3 Å². The van der Waals surface area contributed by atoms with E-state index in [1.807, 2.05) is 13.8 Å². The fourth-order valence-electron chi connectivity index (χ4n) is 1.51. The van der Waals surface area contributed by atoms with E-state index in [0.29, 0.717) is 25.7 Å². The SMILES string of the molecule is CCCC/C(=C/C(=O)O)C(=O)O.CCCC/C(=C/C(=O)O)C(=O)O.Cl.Cl. The minimum atomic E-state index is -1.21. The zero-order valence-corrected chi connectivity index (χ0v) is 16.3. The number of rotatable bonds is 10. The number of carbonyl (C=O) groups is 4. The number of aliphatic carboxylic acids is 4. The highest BCUT2D eigenvalue weighted by Gasteiger charge is 2.08. The van der Waals surface area contributed by atoms with Crippen LogP contribution >= 0.6 is 24.8 Å². The summed E-state index contributed by atoms with van der Waals surface area (Å²) in [4.78, 5) is 41.1. The Hall–Kier alpha value is -2.06. The van der Waals surface area contributed by atoms with Crippen LogP contribution in [-0.4, -0.2) is 44.3 Å². The van der Waals surface area contributed by atoms with Gasteiger partial charge in [-0.3, -0.25) is 0 Å². The van der Waals surface area contributed by atoms with Crippen LogP contribution in [0.4, 0.5) is 0 Å². The van der Waals surface area contributed by atoms with Crippen molar-refractivity contribution in [3.05, 3.63) is 23.3 Å². The molecule has 26 heavy (non-hydrogen) atoms. The van der Waals surface area contributed by atoms with Gasteiger partial charge < -0.3 is 20.4 Å². The summed E-state index contributed by atoms with van der Waals surface area (Å²) in [5.41, 5.74) is -0.0753. The molecular weight excluding hydrogens is 391 g/mol. The van der Waals surface area contributed by atoms with E-state index in [4.69, 9.17) is 20.4 Å². The molecule has 152 valence electrons. The normalized spacial score (nSPS) is 10.4. The summed E-state index contributed by atoms with van der Waals surface area (Å²) in [7, 11) is 0. The molecule has 0 radical (unpaired) electrons. The highest BCUT2D eigenvalue weighted by atomic mass is 35.5. The molecule has 0 aliphatic carbocycles. The predicted octanol–water partition coefficient (Wildman–Crippen LogP) is 3.39. The first kappa shape index (κ1) is 31.7. The second kappa shape index (κ2) is 19.3. The number of carboxylic acids is 4. The van der Waals surface area contributed by atoms with Crippen molar-refractivity contribution in [2.24, 2.45) is 0 Å². The molecule has 0 aromatic carbocycles. The van der Waals surface area contributed by atoms with Gasteiger partial charge in [-0.25, -0.2) is 19.2 Å². The fourth-order valence-corrected chi connectivity index (χ4v) is 1.51. The maximum absolute atomic E-state index is 10.4. The van der Waals surface area contributed by atoms with Crippen molar-refractivity contribution in [3.8, 4) is 0 Å². The third-order valence-corrected chi connectivity index (χ3v) is 2.74. The third kappa shape index (κ3) is 20.0. The zero-order chi connectivity index (χ0) is 19.1. The van der Waals surface area contributed by atoms with Gasteiger partial charge in [0.25, 0.3) is 0 Å². The predicted molar refractivity (Wildman–Crippen MR) is 100 cm³/mol. The summed E-state index contributed by atoms with van der Waals surface area (Å²) < 4.78 is 0. The van der Waals surface area contributed by atoms with Gasteiger partial charge in [0.2, 0.25) is 0 Å². The first-order valence-corrected chi connectivity index (χ1v) is 7.49. The first-order chi connectivity index (χ1) is 11.1. The van der Waals surface area contributed by atoms with E-state index in [1.54, 1.807) is 0 Å². The summed E-state index contributed by atoms with van der Waals surface area (Å²) in [5.74, 6) is -4.70. The van der Waals surface area contributed by atoms with E-state index in [2.05, 4.69) is 0 Å². The fraction of sp³-hybridized carbons (Fsp3) is 0.500. The van der Waals surface area contributed by atoms with Crippen LogP contribution in [0.5, 0.6) is 0 Å². The number of hydrogen-bond donors (Lipinski definition) is 4. The number of hydrogen-bond acceptors (Lipinski definition) is 4. The van der Waals surface area contributed by atoms with Gasteiger partial charge in [-0.05, 0) is 25.7 Å². The van der Waals surface area contributed by atoms with Crippen molar-refractivity contribution in [3.63, 3.8) is 0 Å². The van der Waals surface area contributed by atoms with Crippen molar-refractivity contribution in [1.82, 2.24) is 0 Å². The Morgan fingerprint density at radius 3 is 1.08 bits per heavy atom. The van der Waals surface area contributed by atoms with Crippen molar-refractivity contribution in [2.45, 2.75) is 52.4 Å².